The minimum absolute atomic E-state index is 0.423. The number of ether oxygens (including phenoxy) is 1. The molecule has 0 aliphatic rings. The summed E-state index contributed by atoms with van der Waals surface area (Å²) in [5.74, 6) is 2.22. The van der Waals surface area contributed by atoms with Crippen LogP contribution in [-0.4, -0.2) is 26.6 Å². The van der Waals surface area contributed by atoms with Gasteiger partial charge in [0.2, 0.25) is 0 Å². The largest absolute Gasteiger partial charge is 0.496 e. The highest BCUT2D eigenvalue weighted by molar-refractivity contribution is 5.81. The van der Waals surface area contributed by atoms with Crippen molar-refractivity contribution in [2.75, 3.05) is 12.8 Å². The van der Waals surface area contributed by atoms with E-state index in [1.54, 1.807) is 7.11 Å². The third-order valence-corrected chi connectivity index (χ3v) is 3.92. The molecular weight excluding hydrogens is 290 g/mol. The van der Waals surface area contributed by atoms with Gasteiger partial charge in [0.15, 0.2) is 17.0 Å². The maximum absolute atomic E-state index is 5.96. The van der Waals surface area contributed by atoms with Gasteiger partial charge in [0.1, 0.15) is 17.9 Å². The molecule has 0 saturated carbocycles. The van der Waals surface area contributed by atoms with E-state index in [-0.39, 0.29) is 0 Å². The molecule has 120 valence electrons. The van der Waals surface area contributed by atoms with Crippen molar-refractivity contribution >= 4 is 17.0 Å². The van der Waals surface area contributed by atoms with E-state index in [9.17, 15) is 0 Å². The van der Waals surface area contributed by atoms with Crippen molar-refractivity contribution in [3.05, 3.63) is 42.0 Å². The molecule has 0 radical (unpaired) electrons. The Labute approximate surface area is 135 Å². The number of methoxy groups -OCH3 is 1. The molecule has 0 fully saturated rings. The van der Waals surface area contributed by atoms with Gasteiger partial charge in [-0.1, -0.05) is 31.5 Å². The number of unbranched alkanes of at least 4 members (excludes halogenated alkanes) is 1. The minimum Gasteiger partial charge on any atom is -0.496 e. The molecule has 0 atom stereocenters. The highest BCUT2D eigenvalue weighted by atomic mass is 16.5. The smallest absolute Gasteiger partial charge is 0.165 e. The van der Waals surface area contributed by atoms with E-state index in [1.165, 1.54) is 6.33 Å². The Morgan fingerprint density at radius 2 is 2.04 bits per heavy atom. The molecule has 0 unspecified atom stereocenters. The van der Waals surface area contributed by atoms with E-state index >= 15 is 0 Å². The number of aromatic nitrogens is 4. The number of hydrogen-bond donors (Lipinski definition) is 1. The number of fused-ring (bicyclic) bond motifs is 1. The third-order valence-electron chi connectivity index (χ3n) is 3.92. The van der Waals surface area contributed by atoms with E-state index in [1.807, 2.05) is 18.2 Å². The lowest BCUT2D eigenvalue weighted by molar-refractivity contribution is 0.410. The second-order valence-electron chi connectivity index (χ2n) is 5.45. The fraction of sp³-hybridized carbons (Fsp3) is 0.353. The Kier molecular flexibility index (Phi) is 4.41. The van der Waals surface area contributed by atoms with Crippen molar-refractivity contribution in [1.82, 2.24) is 19.5 Å². The number of hydrogen-bond acceptors (Lipinski definition) is 5. The van der Waals surface area contributed by atoms with Gasteiger partial charge in [0, 0.05) is 18.5 Å². The van der Waals surface area contributed by atoms with Crippen LogP contribution < -0.4 is 10.5 Å². The summed E-state index contributed by atoms with van der Waals surface area (Å²) in [4.78, 5) is 13.1. The Balaban J connectivity index is 2.06. The van der Waals surface area contributed by atoms with Crippen LogP contribution in [0.2, 0.25) is 0 Å². The van der Waals surface area contributed by atoms with E-state index in [2.05, 4.69) is 27.5 Å². The lowest BCUT2D eigenvalue weighted by atomic mass is 10.1. The minimum atomic E-state index is 0.423. The maximum Gasteiger partial charge on any atom is 0.165 e. The average Bonchev–Trinajstić information content (AvgIpc) is 2.92. The van der Waals surface area contributed by atoms with Crippen LogP contribution in [0.25, 0.3) is 11.2 Å². The number of nitrogen functional groups attached to an aromatic ring is 1. The topological polar surface area (TPSA) is 78.9 Å². The summed E-state index contributed by atoms with van der Waals surface area (Å²) < 4.78 is 7.59. The predicted molar refractivity (Wildman–Crippen MR) is 90.4 cm³/mol. The van der Waals surface area contributed by atoms with E-state index < -0.39 is 0 Å². The van der Waals surface area contributed by atoms with Gasteiger partial charge in [0.05, 0.1) is 7.11 Å². The zero-order valence-electron chi connectivity index (χ0n) is 13.5. The Bertz CT molecular complexity index is 812. The second kappa shape index (κ2) is 6.64. The van der Waals surface area contributed by atoms with Gasteiger partial charge in [-0.2, -0.15) is 0 Å². The first-order valence-electron chi connectivity index (χ1n) is 7.82. The molecule has 6 nitrogen and oxygen atoms in total. The normalized spacial score (nSPS) is 11.0. The summed E-state index contributed by atoms with van der Waals surface area (Å²) >= 11 is 0. The standard InChI is InChI=1S/C17H21N5O/c1-3-4-9-22-14(10-12-7-5-6-8-13(12)23-2)21-15-16(18)19-11-20-17(15)22/h5-8,11H,3-4,9-10H2,1-2H3,(H2,18,19,20). The van der Waals surface area contributed by atoms with Crippen LogP contribution in [0.4, 0.5) is 5.82 Å². The number of aryl methyl sites for hydroxylation is 1. The fourth-order valence-corrected chi connectivity index (χ4v) is 2.70. The van der Waals surface area contributed by atoms with Crippen LogP contribution in [0.3, 0.4) is 0 Å². The van der Waals surface area contributed by atoms with Crippen LogP contribution in [-0.2, 0) is 13.0 Å². The van der Waals surface area contributed by atoms with Gasteiger partial charge in [0.25, 0.3) is 0 Å². The summed E-state index contributed by atoms with van der Waals surface area (Å²) in [6, 6.07) is 7.98. The Hall–Kier alpha value is -2.63. The van der Waals surface area contributed by atoms with Gasteiger partial charge < -0.3 is 15.0 Å². The van der Waals surface area contributed by atoms with Crippen molar-refractivity contribution in [2.24, 2.45) is 0 Å². The van der Waals surface area contributed by atoms with Crippen molar-refractivity contribution in [2.45, 2.75) is 32.7 Å². The van der Waals surface area contributed by atoms with Gasteiger partial charge in [-0.3, -0.25) is 0 Å². The first-order chi connectivity index (χ1) is 11.2. The average molecular weight is 311 g/mol. The molecule has 0 saturated heterocycles. The van der Waals surface area contributed by atoms with E-state index in [0.717, 1.165) is 42.2 Å². The number of nitrogens with zero attached hydrogens (tertiary/aromatic N) is 4. The lowest BCUT2D eigenvalue weighted by Gasteiger charge is -2.10. The van der Waals surface area contributed by atoms with Crippen LogP contribution >= 0.6 is 0 Å². The van der Waals surface area contributed by atoms with Crippen molar-refractivity contribution < 1.29 is 4.74 Å². The van der Waals surface area contributed by atoms with Crippen molar-refractivity contribution in [3.8, 4) is 5.75 Å². The molecule has 3 aromatic rings. The molecule has 0 aliphatic carbocycles. The molecule has 3 rings (SSSR count). The van der Waals surface area contributed by atoms with E-state index in [0.29, 0.717) is 17.8 Å². The highest BCUT2D eigenvalue weighted by Gasteiger charge is 2.16. The molecule has 23 heavy (non-hydrogen) atoms. The fourth-order valence-electron chi connectivity index (χ4n) is 2.70. The first kappa shape index (κ1) is 15.3. The van der Waals surface area contributed by atoms with Crippen LogP contribution in [0, 0.1) is 0 Å². The molecule has 2 heterocycles. The predicted octanol–water partition coefficient (Wildman–Crippen LogP) is 2.81. The Morgan fingerprint density at radius 3 is 2.83 bits per heavy atom. The maximum atomic E-state index is 5.96. The number of anilines is 1. The van der Waals surface area contributed by atoms with Crippen molar-refractivity contribution in [3.63, 3.8) is 0 Å². The number of imidazole rings is 1. The quantitative estimate of drug-likeness (QED) is 0.757. The number of rotatable bonds is 6. The Morgan fingerprint density at radius 1 is 1.22 bits per heavy atom. The SMILES string of the molecule is CCCCn1c(Cc2ccccc2OC)nc2c(N)ncnc21. The third kappa shape index (κ3) is 2.97. The number of benzene rings is 1. The summed E-state index contributed by atoms with van der Waals surface area (Å²) in [6.45, 7) is 3.04. The molecule has 1 aromatic carbocycles. The van der Waals surface area contributed by atoms with Gasteiger partial charge >= 0.3 is 0 Å². The van der Waals surface area contributed by atoms with Gasteiger partial charge in [-0.15, -0.1) is 0 Å². The molecule has 6 heteroatoms. The summed E-state index contributed by atoms with van der Waals surface area (Å²) in [7, 11) is 1.68. The molecular formula is C17H21N5O. The van der Waals surface area contributed by atoms with Crippen LogP contribution in [0.15, 0.2) is 30.6 Å². The molecule has 0 spiro atoms. The molecule has 2 N–H and O–H groups in total. The second-order valence-corrected chi connectivity index (χ2v) is 5.45. The molecule has 0 amide bonds. The van der Waals surface area contributed by atoms with Crippen LogP contribution in [0.1, 0.15) is 31.2 Å². The van der Waals surface area contributed by atoms with Gasteiger partial charge in [-0.25, -0.2) is 15.0 Å². The zero-order valence-corrected chi connectivity index (χ0v) is 13.5. The number of para-hydroxylation sites is 1. The monoisotopic (exact) mass is 311 g/mol. The first-order valence-corrected chi connectivity index (χ1v) is 7.82. The van der Waals surface area contributed by atoms with Crippen LogP contribution in [0.5, 0.6) is 5.75 Å². The lowest BCUT2D eigenvalue weighted by Crippen LogP contribution is -2.06. The summed E-state index contributed by atoms with van der Waals surface area (Å²) in [6.07, 6.45) is 4.33. The number of nitrogens with two attached hydrogens (primary N) is 1. The van der Waals surface area contributed by atoms with Gasteiger partial charge in [-0.05, 0) is 12.5 Å². The van der Waals surface area contributed by atoms with E-state index in [4.69, 9.17) is 15.5 Å². The zero-order chi connectivity index (χ0) is 16.2. The molecule has 0 aliphatic heterocycles. The highest BCUT2D eigenvalue weighted by Crippen LogP contribution is 2.24. The summed E-state index contributed by atoms with van der Waals surface area (Å²) in [5.41, 5.74) is 8.53. The molecule has 2 aromatic heterocycles. The van der Waals surface area contributed by atoms with Crippen molar-refractivity contribution in [1.29, 1.82) is 0 Å². The molecule has 0 bridgehead atoms. The summed E-state index contributed by atoms with van der Waals surface area (Å²) in [5, 5.41) is 0.